The van der Waals surface area contributed by atoms with Crippen molar-refractivity contribution in [1.29, 1.82) is 0 Å². The monoisotopic (exact) mass is 277 g/mol. The van der Waals surface area contributed by atoms with E-state index in [-0.39, 0.29) is 5.43 Å². The highest BCUT2D eigenvalue weighted by molar-refractivity contribution is 5.86. The van der Waals surface area contributed by atoms with Crippen molar-refractivity contribution in [2.24, 2.45) is 0 Å². The van der Waals surface area contributed by atoms with E-state index in [4.69, 9.17) is 4.74 Å². The molecule has 0 radical (unpaired) electrons. The summed E-state index contributed by atoms with van der Waals surface area (Å²) in [6, 6.07) is 15.0. The van der Waals surface area contributed by atoms with E-state index in [1.165, 1.54) is 0 Å². The van der Waals surface area contributed by atoms with Gasteiger partial charge in [-0.05, 0) is 11.6 Å². The molecule has 0 bridgehead atoms. The lowest BCUT2D eigenvalue weighted by atomic mass is 10.1. The van der Waals surface area contributed by atoms with Gasteiger partial charge in [0.2, 0.25) is 0 Å². The number of ether oxygens (including phenoxy) is 1. The van der Waals surface area contributed by atoms with E-state index in [1.54, 1.807) is 25.3 Å². The van der Waals surface area contributed by atoms with Crippen LogP contribution >= 0.6 is 0 Å². The molecule has 1 heterocycles. The number of hydrogen-bond donors (Lipinski definition) is 1. The fourth-order valence-electron chi connectivity index (χ4n) is 2.40. The van der Waals surface area contributed by atoms with Crippen LogP contribution in [0.3, 0.4) is 0 Å². The minimum Gasteiger partial charge on any atom is -0.496 e. The predicted molar refractivity (Wildman–Crippen MR) is 86.6 cm³/mol. The van der Waals surface area contributed by atoms with Gasteiger partial charge in [-0.3, -0.25) is 4.79 Å². The predicted octanol–water partition coefficient (Wildman–Crippen LogP) is 3.85. The van der Waals surface area contributed by atoms with Crippen LogP contribution in [0, 0.1) is 0 Å². The zero-order valence-electron chi connectivity index (χ0n) is 11.7. The van der Waals surface area contributed by atoms with Gasteiger partial charge in [0, 0.05) is 28.8 Å². The Morgan fingerprint density at radius 1 is 1.14 bits per heavy atom. The number of nitrogens with one attached hydrogen (secondary N) is 1. The zero-order valence-corrected chi connectivity index (χ0v) is 11.7. The topological polar surface area (TPSA) is 42.1 Å². The summed E-state index contributed by atoms with van der Waals surface area (Å²) in [5, 5.41) is 0.630. The molecule has 3 heteroatoms. The van der Waals surface area contributed by atoms with Gasteiger partial charge in [0.15, 0.2) is 5.43 Å². The largest absolute Gasteiger partial charge is 0.496 e. The molecular formula is C18H15NO2. The molecule has 0 fully saturated rings. The van der Waals surface area contributed by atoms with E-state index in [1.807, 2.05) is 36.4 Å². The highest BCUT2D eigenvalue weighted by Crippen LogP contribution is 2.26. The van der Waals surface area contributed by atoms with Crippen molar-refractivity contribution in [2.75, 3.05) is 7.11 Å². The number of rotatable bonds is 3. The molecule has 3 nitrogen and oxygen atoms in total. The summed E-state index contributed by atoms with van der Waals surface area (Å²) in [6.07, 6.45) is 1.68. The van der Waals surface area contributed by atoms with Crippen molar-refractivity contribution in [3.8, 4) is 17.0 Å². The van der Waals surface area contributed by atoms with E-state index >= 15 is 0 Å². The maximum atomic E-state index is 12.3. The molecule has 3 rings (SSSR count). The summed E-state index contributed by atoms with van der Waals surface area (Å²) in [6.45, 7) is 3.75. The van der Waals surface area contributed by atoms with E-state index in [2.05, 4.69) is 11.6 Å². The normalized spacial score (nSPS) is 10.5. The van der Waals surface area contributed by atoms with E-state index in [0.29, 0.717) is 11.1 Å². The molecule has 1 N–H and O–H groups in total. The molecule has 0 amide bonds. The Morgan fingerprint density at radius 3 is 2.57 bits per heavy atom. The molecule has 21 heavy (non-hydrogen) atoms. The molecule has 0 saturated heterocycles. The number of methoxy groups -OCH3 is 1. The molecule has 0 spiro atoms. The second-order valence-corrected chi connectivity index (χ2v) is 4.76. The average Bonchev–Trinajstić information content (AvgIpc) is 2.54. The second-order valence-electron chi connectivity index (χ2n) is 4.76. The molecule has 0 saturated carbocycles. The van der Waals surface area contributed by atoms with Gasteiger partial charge in [-0.25, -0.2) is 0 Å². The quantitative estimate of drug-likeness (QED) is 0.790. The van der Waals surface area contributed by atoms with Gasteiger partial charge < -0.3 is 9.72 Å². The number of aromatic amines is 1. The first-order valence-corrected chi connectivity index (χ1v) is 6.66. The van der Waals surface area contributed by atoms with Crippen molar-refractivity contribution in [2.45, 2.75) is 0 Å². The summed E-state index contributed by atoms with van der Waals surface area (Å²) in [4.78, 5) is 15.6. The number of hydrogen-bond acceptors (Lipinski definition) is 2. The van der Waals surface area contributed by atoms with Crippen LogP contribution in [-0.4, -0.2) is 12.1 Å². The lowest BCUT2D eigenvalue weighted by Crippen LogP contribution is -2.04. The lowest BCUT2D eigenvalue weighted by molar-refractivity contribution is 0.414. The summed E-state index contributed by atoms with van der Waals surface area (Å²) in [7, 11) is 1.60. The van der Waals surface area contributed by atoms with E-state index in [9.17, 15) is 4.79 Å². The van der Waals surface area contributed by atoms with Gasteiger partial charge in [-0.15, -0.1) is 0 Å². The summed E-state index contributed by atoms with van der Waals surface area (Å²) >= 11 is 0. The third-order valence-electron chi connectivity index (χ3n) is 3.48. The minimum atomic E-state index is -0.0200. The molecule has 104 valence electrons. The Labute approximate surface area is 122 Å². The number of pyridine rings is 1. The molecular weight excluding hydrogens is 262 g/mol. The van der Waals surface area contributed by atoms with Crippen LogP contribution in [-0.2, 0) is 0 Å². The van der Waals surface area contributed by atoms with Crippen LogP contribution in [0.1, 0.15) is 5.56 Å². The summed E-state index contributed by atoms with van der Waals surface area (Å²) in [5.41, 5.74) is 3.31. The van der Waals surface area contributed by atoms with Gasteiger partial charge in [-0.1, -0.05) is 43.0 Å². The maximum Gasteiger partial charge on any atom is 0.190 e. The minimum absolute atomic E-state index is 0.0200. The Hall–Kier alpha value is -2.81. The van der Waals surface area contributed by atoms with Gasteiger partial charge >= 0.3 is 0 Å². The standard InChI is InChI=1S/C18H15NO2/c1-3-12-9-14-16(11-18(12)21-2)19-15(10-17(14)20)13-7-5-4-6-8-13/h3-11H,1H2,2H3,(H,19,20). The molecule has 1 aromatic heterocycles. The van der Waals surface area contributed by atoms with Gasteiger partial charge in [0.25, 0.3) is 0 Å². The molecule has 2 aromatic carbocycles. The molecule has 0 aliphatic carbocycles. The van der Waals surface area contributed by atoms with Gasteiger partial charge in [0.05, 0.1) is 12.6 Å². The van der Waals surface area contributed by atoms with Crippen molar-refractivity contribution in [3.63, 3.8) is 0 Å². The highest BCUT2D eigenvalue weighted by atomic mass is 16.5. The smallest absolute Gasteiger partial charge is 0.190 e. The molecule has 0 unspecified atom stereocenters. The van der Waals surface area contributed by atoms with Crippen LogP contribution in [0.15, 0.2) is 59.9 Å². The number of benzene rings is 2. The van der Waals surface area contributed by atoms with Crippen molar-refractivity contribution >= 4 is 17.0 Å². The van der Waals surface area contributed by atoms with Gasteiger partial charge in [0.1, 0.15) is 5.75 Å². The Kier molecular flexibility index (Phi) is 3.32. The Morgan fingerprint density at radius 2 is 1.90 bits per heavy atom. The molecule has 0 aliphatic rings. The summed E-state index contributed by atoms with van der Waals surface area (Å²) < 4.78 is 5.34. The Bertz CT molecular complexity index is 864. The second kappa shape index (κ2) is 5.29. The average molecular weight is 277 g/mol. The zero-order chi connectivity index (χ0) is 14.8. The lowest BCUT2D eigenvalue weighted by Gasteiger charge is -2.09. The van der Waals surface area contributed by atoms with Crippen LogP contribution in [0.25, 0.3) is 28.2 Å². The fraction of sp³-hybridized carbons (Fsp3) is 0.0556. The molecule has 3 aromatic rings. The van der Waals surface area contributed by atoms with Crippen LogP contribution in [0.4, 0.5) is 0 Å². The van der Waals surface area contributed by atoms with Crippen LogP contribution in [0.5, 0.6) is 5.75 Å². The first-order chi connectivity index (χ1) is 10.2. The van der Waals surface area contributed by atoms with Crippen LogP contribution < -0.4 is 10.2 Å². The SMILES string of the molecule is C=Cc1cc2c(=O)cc(-c3ccccc3)[nH]c2cc1OC. The maximum absolute atomic E-state index is 12.3. The van der Waals surface area contributed by atoms with Crippen molar-refractivity contribution < 1.29 is 4.74 Å². The fourth-order valence-corrected chi connectivity index (χ4v) is 2.40. The van der Waals surface area contributed by atoms with E-state index in [0.717, 1.165) is 22.3 Å². The summed E-state index contributed by atoms with van der Waals surface area (Å²) in [5.74, 6) is 0.693. The first kappa shape index (κ1) is 13.2. The first-order valence-electron chi connectivity index (χ1n) is 6.66. The molecule has 0 aliphatic heterocycles. The van der Waals surface area contributed by atoms with Crippen molar-refractivity contribution in [3.05, 3.63) is 70.9 Å². The number of H-pyrrole nitrogens is 1. The van der Waals surface area contributed by atoms with E-state index < -0.39 is 0 Å². The third kappa shape index (κ3) is 2.34. The van der Waals surface area contributed by atoms with Crippen LogP contribution in [0.2, 0.25) is 0 Å². The van der Waals surface area contributed by atoms with Crippen molar-refractivity contribution in [1.82, 2.24) is 4.98 Å². The Balaban J connectivity index is 2.29. The molecule has 0 atom stereocenters. The number of aromatic nitrogens is 1. The highest BCUT2D eigenvalue weighted by Gasteiger charge is 2.08. The van der Waals surface area contributed by atoms with Gasteiger partial charge in [-0.2, -0.15) is 0 Å². The number of fused-ring (bicyclic) bond motifs is 1. The third-order valence-corrected chi connectivity index (χ3v) is 3.48.